The number of fused-ring (bicyclic) bond motifs is 1. The largest absolute Gasteiger partial charge is 0.0740 e. The maximum Gasteiger partial charge on any atom is 0.0445 e. The lowest BCUT2D eigenvalue weighted by Crippen LogP contribution is -2.21. The molecule has 1 aromatic rings. The van der Waals surface area contributed by atoms with E-state index in [9.17, 15) is 0 Å². The predicted molar refractivity (Wildman–Crippen MR) is 65.5 cm³/mol. The Bertz CT molecular complexity index is 326. The average Bonchev–Trinajstić information content (AvgIpc) is 2.06. The van der Waals surface area contributed by atoms with Gasteiger partial charge in [0.15, 0.2) is 0 Å². The molecule has 1 unspecified atom stereocenters. The van der Waals surface area contributed by atoms with Crippen LogP contribution < -0.4 is 0 Å². The van der Waals surface area contributed by atoms with Crippen molar-refractivity contribution in [3.8, 4) is 0 Å². The molecule has 0 aliphatic heterocycles. The maximum atomic E-state index is 2.60. The van der Waals surface area contributed by atoms with E-state index in [0.717, 1.165) is 0 Å². The third kappa shape index (κ3) is 1.63. The Labute approximate surface area is 93.9 Å². The van der Waals surface area contributed by atoms with Gasteiger partial charge in [0, 0.05) is 3.42 Å². The van der Waals surface area contributed by atoms with Gasteiger partial charge in [0.05, 0.1) is 0 Å². The molecule has 0 radical (unpaired) electrons. The van der Waals surface area contributed by atoms with Crippen LogP contribution in [-0.2, 0) is 9.84 Å². The summed E-state index contributed by atoms with van der Waals surface area (Å²) in [6.07, 6.45) is 3.95. The number of rotatable bonds is 0. The zero-order chi connectivity index (χ0) is 9.47. The highest BCUT2D eigenvalue weighted by Crippen LogP contribution is 2.43. The summed E-state index contributed by atoms with van der Waals surface area (Å²) in [7, 11) is 0. The second-order valence-corrected chi connectivity index (χ2v) is 6.53. The van der Waals surface area contributed by atoms with Gasteiger partial charge in [-0.1, -0.05) is 40.8 Å². The fourth-order valence-corrected chi connectivity index (χ4v) is 3.14. The molecule has 2 rings (SSSR count). The van der Waals surface area contributed by atoms with Gasteiger partial charge in [-0.05, 0) is 49.8 Å². The number of benzene rings is 1. The Kier molecular flexibility index (Phi) is 2.39. The van der Waals surface area contributed by atoms with Crippen molar-refractivity contribution in [2.45, 2.75) is 36.5 Å². The molecule has 1 aliphatic rings. The molecular formula is C12H15I. The first-order valence-electron chi connectivity index (χ1n) is 4.89. The van der Waals surface area contributed by atoms with Gasteiger partial charge < -0.3 is 0 Å². The Morgan fingerprint density at radius 1 is 1.38 bits per heavy atom. The first kappa shape index (κ1) is 9.50. The van der Waals surface area contributed by atoms with Crippen LogP contribution in [0.3, 0.4) is 0 Å². The third-order valence-corrected chi connectivity index (χ3v) is 4.17. The van der Waals surface area contributed by atoms with Gasteiger partial charge in [0.25, 0.3) is 0 Å². The number of hydrogen-bond acceptors (Lipinski definition) is 0. The Morgan fingerprint density at radius 2 is 2.15 bits per heavy atom. The number of alkyl halides is 1. The lowest BCUT2D eigenvalue weighted by atomic mass is 9.82. The molecule has 0 heterocycles. The van der Waals surface area contributed by atoms with E-state index in [1.165, 1.54) is 24.8 Å². The molecule has 70 valence electrons. The monoisotopic (exact) mass is 286 g/mol. The first-order chi connectivity index (χ1) is 6.11. The molecule has 0 bridgehead atoms. The summed E-state index contributed by atoms with van der Waals surface area (Å²) in [6, 6.07) is 6.72. The van der Waals surface area contributed by atoms with E-state index in [0.29, 0.717) is 3.42 Å². The number of aryl methyl sites for hydroxylation is 1. The summed E-state index contributed by atoms with van der Waals surface area (Å²) in [5, 5.41) is 0. The highest BCUT2D eigenvalue weighted by Gasteiger charge is 2.29. The minimum Gasteiger partial charge on any atom is -0.0740 e. The van der Waals surface area contributed by atoms with Crippen molar-refractivity contribution < 1.29 is 0 Å². The molecule has 1 aromatic carbocycles. The van der Waals surface area contributed by atoms with Crippen molar-refractivity contribution in [2.75, 3.05) is 0 Å². The summed E-state index contributed by atoms with van der Waals surface area (Å²) in [5.74, 6) is 0. The minimum atomic E-state index is 0.372. The summed E-state index contributed by atoms with van der Waals surface area (Å²) < 4.78 is 0.372. The quantitative estimate of drug-likeness (QED) is 0.500. The lowest BCUT2D eigenvalue weighted by Gasteiger charge is -2.31. The highest BCUT2D eigenvalue weighted by atomic mass is 127. The summed E-state index contributed by atoms with van der Waals surface area (Å²) in [6.45, 7) is 4.59. The summed E-state index contributed by atoms with van der Waals surface area (Å²) in [5.41, 5.74) is 4.64. The smallest absolute Gasteiger partial charge is 0.0445 e. The second kappa shape index (κ2) is 3.26. The van der Waals surface area contributed by atoms with Crippen LogP contribution in [0, 0.1) is 6.92 Å². The van der Waals surface area contributed by atoms with Crippen LogP contribution in [0.5, 0.6) is 0 Å². The van der Waals surface area contributed by atoms with Crippen LogP contribution in [-0.4, -0.2) is 0 Å². The van der Waals surface area contributed by atoms with E-state index in [4.69, 9.17) is 0 Å². The topological polar surface area (TPSA) is 0 Å². The van der Waals surface area contributed by atoms with Crippen molar-refractivity contribution >= 4 is 22.6 Å². The van der Waals surface area contributed by atoms with Gasteiger partial charge in [-0.3, -0.25) is 0 Å². The molecule has 0 amide bonds. The summed E-state index contributed by atoms with van der Waals surface area (Å²) in [4.78, 5) is 0. The molecule has 0 saturated heterocycles. The first-order valence-corrected chi connectivity index (χ1v) is 5.97. The van der Waals surface area contributed by atoms with Crippen molar-refractivity contribution in [1.82, 2.24) is 0 Å². The molecule has 1 atom stereocenters. The van der Waals surface area contributed by atoms with E-state index < -0.39 is 0 Å². The van der Waals surface area contributed by atoms with E-state index in [1.54, 1.807) is 11.1 Å². The Balaban J connectivity index is 2.58. The second-order valence-electron chi connectivity index (χ2n) is 4.15. The minimum absolute atomic E-state index is 0.372. The normalized spacial score (nSPS) is 27.0. The molecule has 0 nitrogen and oxygen atoms in total. The zero-order valence-electron chi connectivity index (χ0n) is 8.23. The van der Waals surface area contributed by atoms with Crippen LogP contribution >= 0.6 is 22.6 Å². The number of halogens is 1. The molecule has 0 N–H and O–H groups in total. The SMILES string of the molecule is Cc1cccc2c1CCCC2(C)I. The molecular weight excluding hydrogens is 271 g/mol. The van der Waals surface area contributed by atoms with Gasteiger partial charge >= 0.3 is 0 Å². The number of hydrogen-bond donors (Lipinski definition) is 0. The van der Waals surface area contributed by atoms with Gasteiger partial charge in [0.2, 0.25) is 0 Å². The van der Waals surface area contributed by atoms with E-state index in [2.05, 4.69) is 54.6 Å². The molecule has 0 saturated carbocycles. The molecule has 13 heavy (non-hydrogen) atoms. The van der Waals surface area contributed by atoms with Crippen molar-refractivity contribution in [3.63, 3.8) is 0 Å². The lowest BCUT2D eigenvalue weighted by molar-refractivity contribution is 0.566. The van der Waals surface area contributed by atoms with Gasteiger partial charge in [-0.15, -0.1) is 0 Å². The third-order valence-electron chi connectivity index (χ3n) is 3.04. The zero-order valence-corrected chi connectivity index (χ0v) is 10.4. The predicted octanol–water partition coefficient (Wildman–Crippen LogP) is 3.98. The van der Waals surface area contributed by atoms with Crippen molar-refractivity contribution in [3.05, 3.63) is 34.9 Å². The Morgan fingerprint density at radius 3 is 2.85 bits per heavy atom. The van der Waals surface area contributed by atoms with Crippen molar-refractivity contribution in [1.29, 1.82) is 0 Å². The van der Waals surface area contributed by atoms with Crippen molar-refractivity contribution in [2.24, 2.45) is 0 Å². The van der Waals surface area contributed by atoms with Crippen LogP contribution in [0.15, 0.2) is 18.2 Å². The van der Waals surface area contributed by atoms with Gasteiger partial charge in [-0.25, -0.2) is 0 Å². The fourth-order valence-electron chi connectivity index (χ4n) is 2.25. The standard InChI is InChI=1S/C12H15I/c1-9-5-3-7-11-10(9)6-4-8-12(11,2)13/h3,5,7H,4,6,8H2,1-2H3. The van der Waals surface area contributed by atoms with E-state index in [-0.39, 0.29) is 0 Å². The molecule has 1 aliphatic carbocycles. The van der Waals surface area contributed by atoms with Crippen LogP contribution in [0.4, 0.5) is 0 Å². The molecule has 1 heteroatoms. The molecule has 0 aromatic heterocycles. The van der Waals surface area contributed by atoms with E-state index >= 15 is 0 Å². The van der Waals surface area contributed by atoms with Crippen LogP contribution in [0.25, 0.3) is 0 Å². The maximum absolute atomic E-state index is 2.60. The van der Waals surface area contributed by atoms with Crippen LogP contribution in [0.2, 0.25) is 0 Å². The molecule has 0 spiro atoms. The van der Waals surface area contributed by atoms with Gasteiger partial charge in [-0.2, -0.15) is 0 Å². The average molecular weight is 286 g/mol. The summed E-state index contributed by atoms with van der Waals surface area (Å²) >= 11 is 2.60. The Hall–Kier alpha value is -0.0500. The van der Waals surface area contributed by atoms with Crippen LogP contribution in [0.1, 0.15) is 36.5 Å². The molecule has 0 fully saturated rings. The van der Waals surface area contributed by atoms with E-state index in [1.807, 2.05) is 0 Å². The fraction of sp³-hybridized carbons (Fsp3) is 0.500. The highest BCUT2D eigenvalue weighted by molar-refractivity contribution is 14.1. The van der Waals surface area contributed by atoms with Gasteiger partial charge in [0.1, 0.15) is 0 Å².